The van der Waals surface area contributed by atoms with E-state index in [2.05, 4.69) is 184 Å². The van der Waals surface area contributed by atoms with E-state index in [0.717, 1.165) is 47.3 Å². The Balaban J connectivity index is 0.000000404. The molecule has 60 heavy (non-hydrogen) atoms. The maximum Gasteiger partial charge on any atom is 0.107 e. The van der Waals surface area contributed by atoms with E-state index >= 15 is 0 Å². The number of hydrogen-bond donors (Lipinski definition) is 1. The van der Waals surface area contributed by atoms with E-state index in [-0.39, 0.29) is 0 Å². The first-order chi connectivity index (χ1) is 28.7. The predicted octanol–water partition coefficient (Wildman–Crippen LogP) is 19.0. The van der Waals surface area contributed by atoms with E-state index < -0.39 is 0 Å². The number of nitrogens with one attached hydrogen (secondary N) is 1. The third-order valence-electron chi connectivity index (χ3n) is 15.2. The van der Waals surface area contributed by atoms with Gasteiger partial charge >= 0.3 is 0 Å². The minimum absolute atomic E-state index is 0.565. The van der Waals surface area contributed by atoms with Gasteiger partial charge in [-0.2, -0.15) is 0 Å². The van der Waals surface area contributed by atoms with Crippen molar-refractivity contribution in [2.24, 2.45) is 53.3 Å². The van der Waals surface area contributed by atoms with Crippen LogP contribution in [-0.4, -0.2) is 4.98 Å². The van der Waals surface area contributed by atoms with Crippen molar-refractivity contribution < 1.29 is 8.83 Å². The molecule has 0 radical (unpaired) electrons. The predicted molar refractivity (Wildman–Crippen MR) is 265 cm³/mol. The number of benzene rings is 1. The second-order valence-electron chi connectivity index (χ2n) is 19.0. The van der Waals surface area contributed by atoms with Gasteiger partial charge < -0.3 is 13.8 Å². The van der Waals surface area contributed by atoms with Crippen LogP contribution in [0.4, 0.5) is 0 Å². The van der Waals surface area contributed by atoms with Gasteiger partial charge in [-0.3, -0.25) is 0 Å². The molecule has 0 saturated carbocycles. The maximum absolute atomic E-state index is 5.63. The number of hydrogen-bond acceptors (Lipinski definition) is 2. The number of aromatic nitrogens is 1. The van der Waals surface area contributed by atoms with Crippen molar-refractivity contribution in [2.45, 2.75) is 199 Å². The third-order valence-corrected chi connectivity index (χ3v) is 15.2. The van der Waals surface area contributed by atoms with Gasteiger partial charge in [-0.15, -0.1) is 0 Å². The Bertz CT molecular complexity index is 1430. The first-order valence-electron chi connectivity index (χ1n) is 24.9. The molecule has 0 fully saturated rings. The van der Waals surface area contributed by atoms with Crippen molar-refractivity contribution in [3.05, 3.63) is 108 Å². The van der Waals surface area contributed by atoms with Crippen molar-refractivity contribution in [3.8, 4) is 0 Å². The van der Waals surface area contributed by atoms with Gasteiger partial charge in [0.25, 0.3) is 0 Å². The normalized spacial score (nSPS) is 17.8. The van der Waals surface area contributed by atoms with Crippen LogP contribution < -0.4 is 0 Å². The van der Waals surface area contributed by atoms with Gasteiger partial charge in [0.2, 0.25) is 0 Å². The summed E-state index contributed by atoms with van der Waals surface area (Å²) in [6.45, 7) is 39.6. The molecule has 0 saturated heterocycles. The molecule has 1 aromatic carbocycles. The number of H-pyrrole nitrogens is 1. The van der Waals surface area contributed by atoms with Crippen molar-refractivity contribution in [1.29, 1.82) is 0 Å². The lowest BCUT2D eigenvalue weighted by Gasteiger charge is -2.34. The number of furan rings is 2. The van der Waals surface area contributed by atoms with Crippen LogP contribution in [0, 0.1) is 53.3 Å². The molecule has 0 spiro atoms. The highest BCUT2D eigenvalue weighted by Gasteiger charge is 2.31. The Hall–Kier alpha value is -2.94. The summed E-state index contributed by atoms with van der Waals surface area (Å²) in [7, 11) is 0. The Kier molecular flexibility index (Phi) is 28.4. The summed E-state index contributed by atoms with van der Waals surface area (Å²) < 4.78 is 10.9. The van der Waals surface area contributed by atoms with Gasteiger partial charge in [-0.05, 0) is 118 Å². The summed E-state index contributed by atoms with van der Waals surface area (Å²) in [4.78, 5) is 3.23. The molecule has 0 bridgehead atoms. The molecular formula is C57H97NO2. The van der Waals surface area contributed by atoms with Crippen LogP contribution in [0.5, 0.6) is 0 Å². The average molecular weight is 828 g/mol. The molecule has 4 rings (SSSR count). The van der Waals surface area contributed by atoms with E-state index in [9.17, 15) is 0 Å². The molecule has 3 aromatic heterocycles. The van der Waals surface area contributed by atoms with E-state index in [1.165, 1.54) is 80.2 Å². The smallest absolute Gasteiger partial charge is 0.107 e. The Morgan fingerprint density at radius 3 is 1.43 bits per heavy atom. The highest BCUT2D eigenvalue weighted by atomic mass is 16.3. The molecule has 0 amide bonds. The summed E-state index contributed by atoms with van der Waals surface area (Å²) in [6, 6.07) is 19.3. The summed E-state index contributed by atoms with van der Waals surface area (Å²) >= 11 is 0. The monoisotopic (exact) mass is 828 g/mol. The van der Waals surface area contributed by atoms with Crippen LogP contribution in [0.1, 0.15) is 222 Å². The Morgan fingerprint density at radius 2 is 1.00 bits per heavy atom. The molecule has 0 aliphatic carbocycles. The van der Waals surface area contributed by atoms with Crippen molar-refractivity contribution >= 4 is 0 Å². The molecule has 0 aliphatic rings. The van der Waals surface area contributed by atoms with Gasteiger partial charge in [-0.1, -0.05) is 199 Å². The summed E-state index contributed by atoms with van der Waals surface area (Å²) in [5, 5.41) is 0. The first kappa shape index (κ1) is 55.1. The molecular weight excluding hydrogens is 731 g/mol. The standard InChI is InChI=1S/C16H29N.2C15H26O.C11H16/c1-6-12(4)15(8-3)16(13(5)7-2)14-9-10-17-11-14;1-6-11(3)13(5)15(12(4)7-2)14-8-9-16-10-14;1-6-11(3)13(5)15(12(4)7-2)14-9-8-10-16-14;1-3-7-10(2)11-8-5-4-6-9-11/h9-13,15-17H,6-8H2,1-5H3;2*8-13,15H,6-7H2,1-5H3;4-6,8-10H,3,7H2,1-2H3/t;;;10-/m...0/s1. The fraction of sp³-hybridized carbons (Fsp3) is 0.684. The molecule has 3 heteroatoms. The molecule has 3 heterocycles. The fourth-order valence-corrected chi connectivity index (χ4v) is 9.60. The SMILES string of the molecule is CCC(C)C(C)C(c1ccco1)C(C)CC.CCC(C)C(C)C(c1ccoc1)C(C)CC.CCC(C)C(CC)C(c1cc[nH]c1)C(C)CC.CCC[C@H](C)c1ccccc1. The van der Waals surface area contributed by atoms with Gasteiger partial charge in [0.05, 0.1) is 18.8 Å². The Labute approximate surface area is 373 Å². The molecule has 1 N–H and O–H groups in total. The largest absolute Gasteiger partial charge is 0.472 e. The van der Waals surface area contributed by atoms with E-state index in [0.29, 0.717) is 29.6 Å². The zero-order valence-electron chi connectivity index (χ0n) is 42.3. The van der Waals surface area contributed by atoms with Gasteiger partial charge in [0.1, 0.15) is 5.76 Å². The zero-order valence-corrected chi connectivity index (χ0v) is 42.3. The highest BCUT2D eigenvalue weighted by Crippen LogP contribution is 2.42. The molecule has 12 unspecified atom stereocenters. The van der Waals surface area contributed by atoms with E-state index in [1.54, 1.807) is 12.5 Å². The van der Waals surface area contributed by atoms with Crippen LogP contribution >= 0.6 is 0 Å². The zero-order chi connectivity index (χ0) is 45.2. The van der Waals surface area contributed by atoms with Crippen molar-refractivity contribution in [3.63, 3.8) is 0 Å². The van der Waals surface area contributed by atoms with E-state index in [1.807, 2.05) is 12.3 Å². The van der Waals surface area contributed by atoms with Crippen LogP contribution in [0.15, 0.2) is 94.6 Å². The number of rotatable bonds is 22. The van der Waals surface area contributed by atoms with Crippen LogP contribution in [0.2, 0.25) is 0 Å². The second kappa shape index (κ2) is 31.0. The average Bonchev–Trinajstić information content (AvgIpc) is 4.12. The van der Waals surface area contributed by atoms with Crippen molar-refractivity contribution in [1.82, 2.24) is 4.98 Å². The highest BCUT2D eigenvalue weighted by molar-refractivity contribution is 5.19. The van der Waals surface area contributed by atoms with Crippen molar-refractivity contribution in [2.75, 3.05) is 0 Å². The lowest BCUT2D eigenvalue weighted by molar-refractivity contribution is 0.226. The summed E-state index contributed by atoms with van der Waals surface area (Å²) in [5.74, 6) is 10.5. The van der Waals surface area contributed by atoms with Gasteiger partial charge in [-0.25, -0.2) is 0 Å². The fourth-order valence-electron chi connectivity index (χ4n) is 9.60. The van der Waals surface area contributed by atoms with Crippen LogP contribution in [0.25, 0.3) is 0 Å². The topological polar surface area (TPSA) is 42.1 Å². The molecule has 13 atom stereocenters. The van der Waals surface area contributed by atoms with Crippen LogP contribution in [-0.2, 0) is 0 Å². The minimum Gasteiger partial charge on any atom is -0.472 e. The van der Waals surface area contributed by atoms with E-state index in [4.69, 9.17) is 8.83 Å². The molecule has 0 aliphatic heterocycles. The second-order valence-corrected chi connectivity index (χ2v) is 19.0. The maximum atomic E-state index is 5.63. The molecule has 4 aromatic rings. The molecule has 342 valence electrons. The minimum atomic E-state index is 0.565. The lowest BCUT2D eigenvalue weighted by Crippen LogP contribution is -2.24. The number of aromatic amines is 1. The lowest BCUT2D eigenvalue weighted by atomic mass is 9.70. The molecule has 3 nitrogen and oxygen atoms in total. The van der Waals surface area contributed by atoms with Gasteiger partial charge in [0, 0.05) is 18.3 Å². The van der Waals surface area contributed by atoms with Gasteiger partial charge in [0.15, 0.2) is 0 Å². The summed E-state index contributed by atoms with van der Waals surface area (Å²) in [5.41, 5.74) is 4.35. The van der Waals surface area contributed by atoms with Crippen LogP contribution in [0.3, 0.4) is 0 Å². The first-order valence-corrected chi connectivity index (χ1v) is 24.9. The third kappa shape index (κ3) is 17.8. The Morgan fingerprint density at radius 1 is 0.467 bits per heavy atom. The quantitative estimate of drug-likeness (QED) is 0.0857. The summed E-state index contributed by atoms with van der Waals surface area (Å²) in [6.07, 6.45) is 21.1.